The van der Waals surface area contributed by atoms with Crippen LogP contribution in [0.4, 0.5) is 5.88 Å². The third-order valence-corrected chi connectivity index (χ3v) is 3.92. The number of rotatable bonds is 2. The van der Waals surface area contributed by atoms with Crippen molar-refractivity contribution in [3.05, 3.63) is 23.4 Å². The van der Waals surface area contributed by atoms with Crippen molar-refractivity contribution >= 4 is 23.3 Å². The average Bonchev–Trinajstić information content (AvgIpc) is 2.73. The van der Waals surface area contributed by atoms with Gasteiger partial charge in [0.15, 0.2) is 11.9 Å². The summed E-state index contributed by atoms with van der Waals surface area (Å²) in [6.45, 7) is 2.20. The molecule has 3 heterocycles. The molecule has 1 saturated heterocycles. The number of nitrogen functional groups attached to an aromatic ring is 1. The van der Waals surface area contributed by atoms with Crippen molar-refractivity contribution in [1.29, 1.82) is 0 Å². The molecule has 0 unspecified atom stereocenters. The molecule has 19 heavy (non-hydrogen) atoms. The Morgan fingerprint density at radius 2 is 2.21 bits per heavy atom. The van der Waals surface area contributed by atoms with Gasteiger partial charge >= 0.3 is 0 Å². The Morgan fingerprint density at radius 3 is 2.89 bits per heavy atom. The van der Waals surface area contributed by atoms with E-state index in [0.29, 0.717) is 28.9 Å². The predicted octanol–water partition coefficient (Wildman–Crippen LogP) is 2.03. The van der Waals surface area contributed by atoms with Crippen molar-refractivity contribution in [1.82, 2.24) is 9.88 Å². The lowest BCUT2D eigenvalue weighted by atomic mass is 9.90. The molecule has 1 fully saturated rings. The number of nitrogens with zero attached hydrogens (tertiary/aromatic N) is 2. The van der Waals surface area contributed by atoms with E-state index >= 15 is 0 Å². The van der Waals surface area contributed by atoms with E-state index in [1.807, 2.05) is 12.3 Å². The van der Waals surface area contributed by atoms with Crippen molar-refractivity contribution in [3.8, 4) is 0 Å². The van der Waals surface area contributed by atoms with E-state index in [2.05, 4.69) is 16.9 Å². The maximum atomic E-state index is 10.9. The molecule has 0 amide bonds. The molecule has 2 aromatic heterocycles. The molecule has 0 saturated carbocycles. The first-order valence-corrected chi connectivity index (χ1v) is 6.50. The van der Waals surface area contributed by atoms with E-state index in [-0.39, 0.29) is 5.88 Å². The Labute approximate surface area is 111 Å². The van der Waals surface area contributed by atoms with E-state index in [0.717, 1.165) is 25.9 Å². The number of carbonyl (C=O) groups is 1. The zero-order chi connectivity index (χ0) is 13.4. The molecule has 0 spiro atoms. The van der Waals surface area contributed by atoms with Crippen LogP contribution in [0.2, 0.25) is 0 Å². The van der Waals surface area contributed by atoms with Crippen molar-refractivity contribution in [2.45, 2.75) is 18.8 Å². The number of pyridine rings is 1. The molecule has 5 heteroatoms. The zero-order valence-corrected chi connectivity index (χ0v) is 10.9. The maximum Gasteiger partial charge on any atom is 0.203 e. The normalized spacial score (nSPS) is 17.9. The van der Waals surface area contributed by atoms with Crippen molar-refractivity contribution in [3.63, 3.8) is 0 Å². The Morgan fingerprint density at radius 1 is 1.47 bits per heavy atom. The van der Waals surface area contributed by atoms with E-state index in [9.17, 15) is 4.79 Å². The highest BCUT2D eigenvalue weighted by Crippen LogP contribution is 2.31. The molecule has 0 aliphatic carbocycles. The fourth-order valence-corrected chi connectivity index (χ4v) is 2.71. The minimum atomic E-state index is 0.151. The second-order valence-corrected chi connectivity index (χ2v) is 5.19. The minimum absolute atomic E-state index is 0.151. The fourth-order valence-electron chi connectivity index (χ4n) is 2.71. The SMILES string of the molecule is CN1CCC(c2cnc3c(C=O)c(N)oc3c2)CC1. The second-order valence-electron chi connectivity index (χ2n) is 5.19. The number of furan rings is 1. The van der Waals surface area contributed by atoms with Gasteiger partial charge < -0.3 is 15.1 Å². The highest BCUT2D eigenvalue weighted by Gasteiger charge is 2.20. The van der Waals surface area contributed by atoms with Crippen LogP contribution in [0.25, 0.3) is 11.1 Å². The molecular formula is C14H17N3O2. The molecule has 1 aliphatic rings. The Bertz CT molecular complexity index is 612. The summed E-state index contributed by atoms with van der Waals surface area (Å²) in [6.07, 6.45) is 4.80. The molecule has 2 N–H and O–H groups in total. The molecule has 100 valence electrons. The highest BCUT2D eigenvalue weighted by atomic mass is 16.3. The lowest BCUT2D eigenvalue weighted by Crippen LogP contribution is -2.29. The van der Waals surface area contributed by atoms with Gasteiger partial charge in [-0.1, -0.05) is 0 Å². The fraction of sp³-hybridized carbons (Fsp3) is 0.429. The maximum absolute atomic E-state index is 10.9. The van der Waals surface area contributed by atoms with Gasteiger partial charge in [0.25, 0.3) is 0 Å². The minimum Gasteiger partial charge on any atom is -0.438 e. The number of anilines is 1. The second kappa shape index (κ2) is 4.66. The Balaban J connectivity index is 1.96. The third-order valence-electron chi connectivity index (χ3n) is 3.92. The molecule has 0 atom stereocenters. The summed E-state index contributed by atoms with van der Waals surface area (Å²) in [5.41, 5.74) is 8.36. The van der Waals surface area contributed by atoms with Crippen LogP contribution in [0.5, 0.6) is 0 Å². The van der Waals surface area contributed by atoms with Crippen molar-refractivity contribution < 1.29 is 9.21 Å². The van der Waals surface area contributed by atoms with Crippen LogP contribution >= 0.6 is 0 Å². The van der Waals surface area contributed by atoms with Crippen LogP contribution in [0.15, 0.2) is 16.7 Å². The van der Waals surface area contributed by atoms with Gasteiger partial charge in [-0.3, -0.25) is 9.78 Å². The Kier molecular flexibility index (Phi) is 2.98. The number of fused-ring (bicyclic) bond motifs is 1. The summed E-state index contributed by atoms with van der Waals surface area (Å²) in [6, 6.07) is 1.97. The van der Waals surface area contributed by atoms with Crippen molar-refractivity contribution in [2.24, 2.45) is 0 Å². The van der Waals surface area contributed by atoms with Crippen LogP contribution < -0.4 is 5.73 Å². The van der Waals surface area contributed by atoms with Crippen molar-refractivity contribution in [2.75, 3.05) is 25.9 Å². The van der Waals surface area contributed by atoms with E-state index in [4.69, 9.17) is 10.2 Å². The van der Waals surface area contributed by atoms with Gasteiger partial charge in [0.2, 0.25) is 5.88 Å². The third kappa shape index (κ3) is 2.10. The quantitative estimate of drug-likeness (QED) is 0.835. The summed E-state index contributed by atoms with van der Waals surface area (Å²) < 4.78 is 5.42. The van der Waals surface area contributed by atoms with Crippen LogP contribution in [0.3, 0.4) is 0 Å². The standard InChI is InChI=1S/C14H17N3O2/c1-17-4-2-9(3-5-17)10-6-12-13(16-7-10)11(8-18)14(15)19-12/h6-9H,2-5,15H2,1H3. The molecule has 0 aromatic carbocycles. The Hall–Kier alpha value is -1.88. The van der Waals surface area contributed by atoms with E-state index in [1.54, 1.807) is 0 Å². The summed E-state index contributed by atoms with van der Waals surface area (Å²) in [7, 11) is 2.14. The largest absolute Gasteiger partial charge is 0.438 e. The molecule has 2 aromatic rings. The monoisotopic (exact) mass is 259 g/mol. The summed E-state index contributed by atoms with van der Waals surface area (Å²) >= 11 is 0. The van der Waals surface area contributed by atoms with Crippen LogP contribution in [0.1, 0.15) is 34.7 Å². The van der Waals surface area contributed by atoms with Gasteiger partial charge in [0, 0.05) is 6.20 Å². The first-order valence-electron chi connectivity index (χ1n) is 6.50. The molecule has 0 bridgehead atoms. The van der Waals surface area contributed by atoms with Gasteiger partial charge in [0.1, 0.15) is 11.1 Å². The average molecular weight is 259 g/mol. The first-order chi connectivity index (χ1) is 9.19. The molecular weight excluding hydrogens is 242 g/mol. The first kappa shape index (κ1) is 12.2. The lowest BCUT2D eigenvalue weighted by molar-refractivity contribution is 0.112. The smallest absolute Gasteiger partial charge is 0.203 e. The lowest BCUT2D eigenvalue weighted by Gasteiger charge is -2.28. The van der Waals surface area contributed by atoms with Gasteiger partial charge in [0.05, 0.1) is 0 Å². The number of piperidine rings is 1. The molecule has 0 radical (unpaired) electrons. The topological polar surface area (TPSA) is 72.4 Å². The van der Waals surface area contributed by atoms with Crippen LogP contribution in [-0.4, -0.2) is 36.3 Å². The van der Waals surface area contributed by atoms with Gasteiger partial charge in [-0.25, -0.2) is 0 Å². The number of likely N-dealkylation sites (tertiary alicyclic amines) is 1. The number of aldehydes is 1. The summed E-state index contributed by atoms with van der Waals surface area (Å²) in [4.78, 5) is 17.6. The number of hydrogen-bond donors (Lipinski definition) is 1. The number of carbonyl (C=O) groups excluding carboxylic acids is 1. The predicted molar refractivity (Wildman–Crippen MR) is 73.3 cm³/mol. The molecule has 5 nitrogen and oxygen atoms in total. The molecule has 1 aliphatic heterocycles. The number of nitrogens with two attached hydrogens (primary N) is 1. The van der Waals surface area contributed by atoms with E-state index in [1.165, 1.54) is 5.56 Å². The van der Waals surface area contributed by atoms with Gasteiger partial charge in [-0.2, -0.15) is 0 Å². The van der Waals surface area contributed by atoms with Gasteiger partial charge in [-0.15, -0.1) is 0 Å². The molecule has 3 rings (SSSR count). The summed E-state index contributed by atoms with van der Waals surface area (Å²) in [5, 5.41) is 0. The zero-order valence-electron chi connectivity index (χ0n) is 10.9. The van der Waals surface area contributed by atoms with Gasteiger partial charge in [-0.05, 0) is 50.5 Å². The number of hydrogen-bond acceptors (Lipinski definition) is 5. The van der Waals surface area contributed by atoms with E-state index < -0.39 is 0 Å². The highest BCUT2D eigenvalue weighted by molar-refractivity contribution is 5.98. The van der Waals surface area contributed by atoms with Crippen LogP contribution in [-0.2, 0) is 0 Å². The number of aromatic nitrogens is 1. The van der Waals surface area contributed by atoms with Crippen LogP contribution in [0, 0.1) is 0 Å². The summed E-state index contributed by atoms with van der Waals surface area (Å²) in [5.74, 6) is 0.664.